The molecule has 0 amide bonds. The van der Waals surface area contributed by atoms with Gasteiger partial charge in [-0.2, -0.15) is 0 Å². The van der Waals surface area contributed by atoms with Crippen molar-refractivity contribution >= 4 is 11.7 Å². The summed E-state index contributed by atoms with van der Waals surface area (Å²) in [5, 5.41) is 19.8. The van der Waals surface area contributed by atoms with Crippen molar-refractivity contribution in [3.63, 3.8) is 0 Å². The number of rotatable bonds is 4. The molecule has 0 unspecified atom stereocenters. The van der Waals surface area contributed by atoms with Crippen molar-refractivity contribution in [2.75, 3.05) is 0 Å². The lowest BCUT2D eigenvalue weighted by molar-refractivity contribution is -0.385. The Bertz CT molecular complexity index is 724. The van der Waals surface area contributed by atoms with Crippen LogP contribution in [0.1, 0.15) is 21.5 Å². The smallest absolute Gasteiger partial charge is 0.335 e. The molecular formula is C15H13NO5. The molecule has 108 valence electrons. The van der Waals surface area contributed by atoms with Gasteiger partial charge < -0.3 is 9.84 Å². The standard InChI is InChI=1S/C15H13NO5/c1-9-7-14(10(2)6-13(9)16(19)20)21-12-5-3-4-11(8-12)15(17)18/h3-8H,1-2H3,(H,17,18). The van der Waals surface area contributed by atoms with Gasteiger partial charge in [0.05, 0.1) is 10.5 Å². The zero-order valence-electron chi connectivity index (χ0n) is 11.5. The highest BCUT2D eigenvalue weighted by Crippen LogP contribution is 2.31. The van der Waals surface area contributed by atoms with E-state index >= 15 is 0 Å². The van der Waals surface area contributed by atoms with Crippen molar-refractivity contribution in [1.29, 1.82) is 0 Å². The summed E-state index contributed by atoms with van der Waals surface area (Å²) in [6.07, 6.45) is 0. The van der Waals surface area contributed by atoms with Gasteiger partial charge in [-0.3, -0.25) is 10.1 Å². The summed E-state index contributed by atoms with van der Waals surface area (Å²) in [5.41, 5.74) is 1.23. The van der Waals surface area contributed by atoms with Gasteiger partial charge in [0.25, 0.3) is 5.69 Å². The molecule has 0 radical (unpaired) electrons. The number of carboxylic acid groups (broad SMARTS) is 1. The minimum Gasteiger partial charge on any atom is -0.478 e. The van der Waals surface area contributed by atoms with Gasteiger partial charge >= 0.3 is 5.97 Å². The molecule has 0 spiro atoms. The fraction of sp³-hybridized carbons (Fsp3) is 0.133. The van der Waals surface area contributed by atoms with E-state index in [-0.39, 0.29) is 11.3 Å². The second-order valence-electron chi connectivity index (χ2n) is 4.60. The van der Waals surface area contributed by atoms with Crippen molar-refractivity contribution in [1.82, 2.24) is 0 Å². The maximum absolute atomic E-state index is 10.9. The van der Waals surface area contributed by atoms with Gasteiger partial charge in [-0.1, -0.05) is 6.07 Å². The lowest BCUT2D eigenvalue weighted by Crippen LogP contribution is -1.98. The highest BCUT2D eigenvalue weighted by molar-refractivity contribution is 5.88. The SMILES string of the molecule is Cc1cc([N+](=O)[O-])c(C)cc1Oc1cccc(C(=O)O)c1. The van der Waals surface area contributed by atoms with Crippen LogP contribution in [-0.4, -0.2) is 16.0 Å². The minimum absolute atomic E-state index is 0.0270. The average Bonchev–Trinajstić information content (AvgIpc) is 2.42. The molecule has 0 aliphatic heterocycles. The number of nitro benzene ring substituents is 1. The molecular weight excluding hydrogens is 274 g/mol. The average molecular weight is 287 g/mol. The van der Waals surface area contributed by atoms with Gasteiger partial charge in [0, 0.05) is 11.6 Å². The Balaban J connectivity index is 2.36. The number of nitro groups is 1. The van der Waals surface area contributed by atoms with Crippen LogP contribution in [0.5, 0.6) is 11.5 Å². The Kier molecular flexibility index (Phi) is 3.89. The Morgan fingerprint density at radius 3 is 2.52 bits per heavy atom. The number of hydrogen-bond acceptors (Lipinski definition) is 4. The number of carboxylic acids is 1. The maximum Gasteiger partial charge on any atom is 0.335 e. The summed E-state index contributed by atoms with van der Waals surface area (Å²) in [4.78, 5) is 21.3. The van der Waals surface area contributed by atoms with E-state index in [1.165, 1.54) is 18.2 Å². The third-order valence-corrected chi connectivity index (χ3v) is 3.00. The Morgan fingerprint density at radius 2 is 1.90 bits per heavy atom. The van der Waals surface area contributed by atoms with Gasteiger partial charge in [0.15, 0.2) is 0 Å². The Morgan fingerprint density at radius 1 is 1.19 bits per heavy atom. The summed E-state index contributed by atoms with van der Waals surface area (Å²) in [5.74, 6) is -0.219. The minimum atomic E-state index is -1.04. The van der Waals surface area contributed by atoms with Crippen molar-refractivity contribution in [3.8, 4) is 11.5 Å². The van der Waals surface area contributed by atoms with Gasteiger partial charge in [-0.25, -0.2) is 4.79 Å². The predicted molar refractivity (Wildman–Crippen MR) is 76.0 cm³/mol. The highest BCUT2D eigenvalue weighted by Gasteiger charge is 2.14. The topological polar surface area (TPSA) is 89.7 Å². The molecule has 0 aromatic heterocycles. The first-order chi connectivity index (χ1) is 9.88. The molecule has 6 heteroatoms. The summed E-state index contributed by atoms with van der Waals surface area (Å²) < 4.78 is 5.63. The molecule has 6 nitrogen and oxygen atoms in total. The van der Waals surface area contributed by atoms with Crippen molar-refractivity contribution < 1.29 is 19.6 Å². The quantitative estimate of drug-likeness (QED) is 0.684. The fourth-order valence-electron chi connectivity index (χ4n) is 1.90. The lowest BCUT2D eigenvalue weighted by Gasteiger charge is -2.10. The first kappa shape index (κ1) is 14.5. The van der Waals surface area contributed by atoms with E-state index in [4.69, 9.17) is 9.84 Å². The van der Waals surface area contributed by atoms with Crippen LogP contribution in [0.3, 0.4) is 0 Å². The first-order valence-corrected chi connectivity index (χ1v) is 6.15. The van der Waals surface area contributed by atoms with E-state index in [9.17, 15) is 14.9 Å². The maximum atomic E-state index is 10.9. The number of hydrogen-bond donors (Lipinski definition) is 1. The summed E-state index contributed by atoms with van der Waals surface area (Å²) in [6.45, 7) is 3.32. The molecule has 2 aromatic carbocycles. The molecule has 0 fully saturated rings. The molecule has 0 heterocycles. The number of ether oxygens (including phenoxy) is 1. The van der Waals surface area contributed by atoms with Crippen LogP contribution in [0.25, 0.3) is 0 Å². The number of aryl methyl sites for hydroxylation is 2. The van der Waals surface area contributed by atoms with Gasteiger partial charge in [-0.15, -0.1) is 0 Å². The summed E-state index contributed by atoms with van der Waals surface area (Å²) in [7, 11) is 0. The van der Waals surface area contributed by atoms with E-state index in [1.54, 1.807) is 32.0 Å². The molecule has 1 N–H and O–H groups in total. The number of carbonyl (C=O) groups is 1. The van der Waals surface area contributed by atoms with Crippen LogP contribution < -0.4 is 4.74 Å². The molecule has 2 rings (SSSR count). The number of nitrogens with zero attached hydrogens (tertiary/aromatic N) is 1. The Hall–Kier alpha value is -2.89. The van der Waals surface area contributed by atoms with Crippen molar-refractivity contribution in [2.24, 2.45) is 0 Å². The monoisotopic (exact) mass is 287 g/mol. The van der Waals surface area contributed by atoms with Gasteiger partial charge in [-0.05, 0) is 43.7 Å². The van der Waals surface area contributed by atoms with Crippen LogP contribution in [-0.2, 0) is 0 Å². The van der Waals surface area contributed by atoms with Crippen LogP contribution >= 0.6 is 0 Å². The van der Waals surface area contributed by atoms with Crippen LogP contribution in [0, 0.1) is 24.0 Å². The van der Waals surface area contributed by atoms with E-state index in [0.717, 1.165) is 0 Å². The molecule has 0 saturated heterocycles. The summed E-state index contributed by atoms with van der Waals surface area (Å²) in [6, 6.07) is 9.07. The van der Waals surface area contributed by atoms with Crippen LogP contribution in [0.15, 0.2) is 36.4 Å². The molecule has 0 aliphatic rings. The van der Waals surface area contributed by atoms with Crippen molar-refractivity contribution in [3.05, 3.63) is 63.2 Å². The molecule has 21 heavy (non-hydrogen) atoms. The van der Waals surface area contributed by atoms with Gasteiger partial charge in [0.1, 0.15) is 11.5 Å². The summed E-state index contributed by atoms with van der Waals surface area (Å²) >= 11 is 0. The molecule has 0 saturated carbocycles. The highest BCUT2D eigenvalue weighted by atomic mass is 16.6. The predicted octanol–water partition coefficient (Wildman–Crippen LogP) is 3.70. The van der Waals surface area contributed by atoms with E-state index in [0.29, 0.717) is 22.6 Å². The van der Waals surface area contributed by atoms with Crippen molar-refractivity contribution in [2.45, 2.75) is 13.8 Å². The van der Waals surface area contributed by atoms with Crippen LogP contribution in [0.2, 0.25) is 0 Å². The van der Waals surface area contributed by atoms with Crippen LogP contribution in [0.4, 0.5) is 5.69 Å². The largest absolute Gasteiger partial charge is 0.478 e. The molecule has 0 atom stereocenters. The third-order valence-electron chi connectivity index (χ3n) is 3.00. The zero-order valence-corrected chi connectivity index (χ0v) is 11.5. The number of benzene rings is 2. The Labute approximate surface area is 120 Å². The first-order valence-electron chi connectivity index (χ1n) is 6.15. The molecule has 0 bridgehead atoms. The number of aromatic carboxylic acids is 1. The molecule has 0 aliphatic carbocycles. The normalized spacial score (nSPS) is 10.2. The fourth-order valence-corrected chi connectivity index (χ4v) is 1.90. The lowest BCUT2D eigenvalue weighted by atomic mass is 10.1. The van der Waals surface area contributed by atoms with E-state index < -0.39 is 10.9 Å². The third kappa shape index (κ3) is 3.17. The molecule has 2 aromatic rings. The van der Waals surface area contributed by atoms with E-state index in [1.807, 2.05) is 0 Å². The second-order valence-corrected chi connectivity index (χ2v) is 4.60. The van der Waals surface area contributed by atoms with E-state index in [2.05, 4.69) is 0 Å². The van der Waals surface area contributed by atoms with Gasteiger partial charge in [0.2, 0.25) is 0 Å². The zero-order chi connectivity index (χ0) is 15.6. The second kappa shape index (κ2) is 5.62.